The van der Waals surface area contributed by atoms with Crippen LogP contribution in [0.15, 0.2) is 30.3 Å². The summed E-state index contributed by atoms with van der Waals surface area (Å²) < 4.78 is 13.6. The van der Waals surface area contributed by atoms with E-state index >= 15 is 0 Å². The van der Waals surface area contributed by atoms with Crippen LogP contribution in [-0.4, -0.2) is 47.8 Å². The molecule has 2 aromatic rings. The SMILES string of the molecule is CC1CCCN(c2cc(N3CCCCCC3)nc(NC(=S)NCC3(c4ccc(F)cc4)CCCCC3)n2)C1. The van der Waals surface area contributed by atoms with Gasteiger partial charge in [0.05, 0.1) is 0 Å². The zero-order valence-corrected chi connectivity index (χ0v) is 23.7. The summed E-state index contributed by atoms with van der Waals surface area (Å²) >= 11 is 5.78. The van der Waals surface area contributed by atoms with E-state index < -0.39 is 0 Å². The van der Waals surface area contributed by atoms with Crippen LogP contribution in [0.5, 0.6) is 0 Å². The number of piperidine rings is 1. The average Bonchev–Trinajstić information content (AvgIpc) is 3.23. The van der Waals surface area contributed by atoms with Crippen LogP contribution in [0.4, 0.5) is 22.0 Å². The monoisotopic (exact) mass is 538 g/mol. The Kier molecular flexibility index (Phi) is 8.97. The van der Waals surface area contributed by atoms with Crippen molar-refractivity contribution in [2.24, 2.45) is 5.92 Å². The van der Waals surface area contributed by atoms with E-state index in [1.54, 1.807) is 12.1 Å². The van der Waals surface area contributed by atoms with Gasteiger partial charge in [-0.25, -0.2) is 4.39 Å². The van der Waals surface area contributed by atoms with Crippen LogP contribution in [0, 0.1) is 11.7 Å². The molecule has 0 spiro atoms. The largest absolute Gasteiger partial charge is 0.361 e. The van der Waals surface area contributed by atoms with Crippen LogP contribution in [0.1, 0.15) is 83.1 Å². The normalized spacial score (nSPS) is 22.0. The Hall–Kier alpha value is -2.48. The summed E-state index contributed by atoms with van der Waals surface area (Å²) in [5.41, 5.74) is 1.15. The molecule has 206 valence electrons. The molecule has 38 heavy (non-hydrogen) atoms. The summed E-state index contributed by atoms with van der Waals surface area (Å²) in [6, 6.07) is 9.22. The van der Waals surface area contributed by atoms with Crippen LogP contribution < -0.4 is 20.4 Å². The predicted octanol–water partition coefficient (Wildman–Crippen LogP) is 6.42. The van der Waals surface area contributed by atoms with E-state index in [0.29, 0.717) is 23.5 Å². The second-order valence-electron chi connectivity index (χ2n) is 11.7. The van der Waals surface area contributed by atoms with Gasteiger partial charge < -0.3 is 20.4 Å². The summed E-state index contributed by atoms with van der Waals surface area (Å²) in [4.78, 5) is 14.7. The van der Waals surface area contributed by atoms with Gasteiger partial charge in [0.2, 0.25) is 5.95 Å². The summed E-state index contributed by atoms with van der Waals surface area (Å²) in [5.74, 6) is 3.03. The van der Waals surface area contributed by atoms with E-state index in [1.807, 2.05) is 12.1 Å². The lowest BCUT2D eigenvalue weighted by atomic mass is 9.69. The Bertz CT molecular complexity index is 1040. The number of aromatic nitrogens is 2. The average molecular weight is 539 g/mol. The Labute approximate surface area is 232 Å². The minimum atomic E-state index is -0.190. The zero-order valence-electron chi connectivity index (χ0n) is 22.9. The predicted molar refractivity (Wildman–Crippen MR) is 159 cm³/mol. The molecule has 2 aliphatic heterocycles. The highest BCUT2D eigenvalue weighted by Gasteiger charge is 2.34. The first kappa shape index (κ1) is 27.1. The van der Waals surface area contributed by atoms with E-state index in [2.05, 4.69) is 33.4 Å². The molecule has 6 nitrogen and oxygen atoms in total. The number of halogens is 1. The van der Waals surface area contributed by atoms with E-state index in [0.717, 1.165) is 50.7 Å². The van der Waals surface area contributed by atoms with E-state index in [1.165, 1.54) is 63.4 Å². The molecule has 1 atom stereocenters. The standard InChI is InChI=1S/C30H43FN6S/c1-23-10-9-19-37(21-23)27-20-26(36-17-7-2-3-8-18-36)33-28(34-27)35-29(38)32-22-30(15-5-4-6-16-30)24-11-13-25(31)14-12-24/h11-14,20,23H,2-10,15-19,21-22H2,1H3,(H2,32,33,34,35,38). The molecule has 1 aromatic heterocycles. The van der Waals surface area contributed by atoms with Crippen molar-refractivity contribution in [1.82, 2.24) is 15.3 Å². The number of rotatable bonds is 6. The maximum Gasteiger partial charge on any atom is 0.232 e. The molecule has 0 bridgehead atoms. The number of hydrogen-bond acceptors (Lipinski definition) is 5. The first-order valence-electron chi connectivity index (χ1n) is 14.7. The van der Waals surface area contributed by atoms with Crippen molar-refractivity contribution in [2.75, 3.05) is 47.8 Å². The molecule has 1 aromatic carbocycles. The highest BCUT2D eigenvalue weighted by Crippen LogP contribution is 2.39. The lowest BCUT2D eigenvalue weighted by Gasteiger charge is -2.38. The maximum atomic E-state index is 13.6. The van der Waals surface area contributed by atoms with Crippen LogP contribution >= 0.6 is 12.2 Å². The summed E-state index contributed by atoms with van der Waals surface area (Å²) in [5, 5.41) is 7.36. The Morgan fingerprint density at radius 2 is 1.55 bits per heavy atom. The molecule has 8 heteroatoms. The lowest BCUT2D eigenvalue weighted by Crippen LogP contribution is -2.43. The van der Waals surface area contributed by atoms with Crippen molar-refractivity contribution in [3.8, 4) is 0 Å². The molecule has 1 unspecified atom stereocenters. The molecular formula is C30H43FN6S. The first-order chi connectivity index (χ1) is 18.5. The topological polar surface area (TPSA) is 56.3 Å². The molecular weight excluding hydrogens is 495 g/mol. The minimum Gasteiger partial charge on any atom is -0.361 e. The van der Waals surface area contributed by atoms with E-state index in [-0.39, 0.29) is 11.2 Å². The second kappa shape index (κ2) is 12.6. The number of benzene rings is 1. The maximum absolute atomic E-state index is 13.6. The molecule has 0 amide bonds. The van der Waals surface area contributed by atoms with Crippen molar-refractivity contribution in [3.05, 3.63) is 41.7 Å². The fourth-order valence-electron chi connectivity index (χ4n) is 6.49. The minimum absolute atomic E-state index is 0.0401. The molecule has 3 heterocycles. The Morgan fingerprint density at radius 3 is 2.24 bits per heavy atom. The van der Waals surface area contributed by atoms with Crippen molar-refractivity contribution in [3.63, 3.8) is 0 Å². The van der Waals surface area contributed by atoms with Gasteiger partial charge in [-0.15, -0.1) is 0 Å². The van der Waals surface area contributed by atoms with E-state index in [9.17, 15) is 4.39 Å². The molecule has 2 N–H and O–H groups in total. The fraction of sp³-hybridized carbons (Fsp3) is 0.633. The fourth-order valence-corrected chi connectivity index (χ4v) is 6.66. The number of thiocarbonyl (C=S) groups is 1. The van der Waals surface area contributed by atoms with Gasteiger partial charge in [-0.3, -0.25) is 0 Å². The number of nitrogens with zero attached hydrogens (tertiary/aromatic N) is 4. The van der Waals surface area contributed by atoms with Crippen molar-refractivity contribution >= 4 is 34.9 Å². The molecule has 0 radical (unpaired) electrons. The van der Waals surface area contributed by atoms with Crippen LogP contribution in [-0.2, 0) is 5.41 Å². The van der Waals surface area contributed by atoms with Crippen LogP contribution in [0.25, 0.3) is 0 Å². The molecule has 1 saturated carbocycles. The van der Waals surface area contributed by atoms with Gasteiger partial charge in [-0.05, 0) is 74.4 Å². The van der Waals surface area contributed by atoms with Gasteiger partial charge in [0.25, 0.3) is 0 Å². The smallest absolute Gasteiger partial charge is 0.232 e. The quantitative estimate of drug-likeness (QED) is 0.412. The van der Waals surface area contributed by atoms with Crippen molar-refractivity contribution in [2.45, 2.75) is 83.0 Å². The van der Waals surface area contributed by atoms with Crippen molar-refractivity contribution < 1.29 is 4.39 Å². The number of hydrogen-bond donors (Lipinski definition) is 2. The van der Waals surface area contributed by atoms with Gasteiger partial charge in [0, 0.05) is 44.2 Å². The van der Waals surface area contributed by atoms with Gasteiger partial charge in [-0.2, -0.15) is 9.97 Å². The third-order valence-corrected chi connectivity index (χ3v) is 8.94. The van der Waals surface area contributed by atoms with E-state index in [4.69, 9.17) is 22.2 Å². The van der Waals surface area contributed by atoms with Crippen LogP contribution in [0.2, 0.25) is 0 Å². The number of anilines is 3. The Balaban J connectivity index is 1.33. The first-order valence-corrected chi connectivity index (χ1v) is 15.1. The zero-order chi connectivity index (χ0) is 26.4. The highest BCUT2D eigenvalue weighted by atomic mass is 32.1. The molecule has 2 saturated heterocycles. The Morgan fingerprint density at radius 1 is 0.921 bits per heavy atom. The highest BCUT2D eigenvalue weighted by molar-refractivity contribution is 7.80. The summed E-state index contributed by atoms with van der Waals surface area (Å²) in [7, 11) is 0. The van der Waals surface area contributed by atoms with Gasteiger partial charge in [-0.1, -0.05) is 51.2 Å². The van der Waals surface area contributed by atoms with Gasteiger partial charge >= 0.3 is 0 Å². The second-order valence-corrected chi connectivity index (χ2v) is 12.1. The third kappa shape index (κ3) is 6.74. The van der Waals surface area contributed by atoms with Crippen LogP contribution in [0.3, 0.4) is 0 Å². The van der Waals surface area contributed by atoms with Gasteiger partial charge in [0.15, 0.2) is 5.11 Å². The molecule has 1 aliphatic carbocycles. The lowest BCUT2D eigenvalue weighted by molar-refractivity contribution is 0.292. The molecule has 3 aliphatic rings. The van der Waals surface area contributed by atoms with Gasteiger partial charge in [0.1, 0.15) is 17.5 Å². The van der Waals surface area contributed by atoms with Crippen molar-refractivity contribution in [1.29, 1.82) is 0 Å². The molecule has 3 fully saturated rings. The molecule has 5 rings (SSSR count). The third-order valence-electron chi connectivity index (χ3n) is 8.69. The summed E-state index contributed by atoms with van der Waals surface area (Å²) in [6.45, 7) is 7.17. The summed E-state index contributed by atoms with van der Waals surface area (Å²) in [6.07, 6.45) is 13.2. The number of nitrogens with one attached hydrogen (secondary N) is 2.